The van der Waals surface area contributed by atoms with Crippen molar-refractivity contribution in [2.75, 3.05) is 29.6 Å². The van der Waals surface area contributed by atoms with E-state index < -0.39 is 18.5 Å². The van der Waals surface area contributed by atoms with Gasteiger partial charge in [0.1, 0.15) is 5.75 Å². The molecule has 7 nitrogen and oxygen atoms in total. The van der Waals surface area contributed by atoms with Gasteiger partial charge in [-0.2, -0.15) is 0 Å². The van der Waals surface area contributed by atoms with E-state index in [4.69, 9.17) is 9.47 Å². The molecule has 0 atom stereocenters. The third kappa shape index (κ3) is 5.26. The van der Waals surface area contributed by atoms with Gasteiger partial charge in [-0.25, -0.2) is 4.79 Å². The molecule has 0 saturated carbocycles. The van der Waals surface area contributed by atoms with Crippen molar-refractivity contribution in [1.82, 2.24) is 0 Å². The number of fused-ring (bicyclic) bond motifs is 1. The predicted molar refractivity (Wildman–Crippen MR) is 107 cm³/mol. The zero-order valence-electron chi connectivity index (χ0n) is 15.3. The number of esters is 1. The topological polar surface area (TPSA) is 93.7 Å². The summed E-state index contributed by atoms with van der Waals surface area (Å²) in [6.07, 6.45) is 0.421. The Kier molecular flexibility index (Phi) is 6.54. The maximum atomic E-state index is 12.2. The van der Waals surface area contributed by atoms with Crippen LogP contribution in [0.2, 0.25) is 0 Å². The van der Waals surface area contributed by atoms with E-state index in [2.05, 4.69) is 10.6 Å². The summed E-state index contributed by atoms with van der Waals surface area (Å²) in [6.45, 7) is 2.04. The Morgan fingerprint density at radius 2 is 1.96 bits per heavy atom. The Balaban J connectivity index is 1.55. The highest BCUT2D eigenvalue weighted by atomic mass is 32.2. The van der Waals surface area contributed by atoms with E-state index in [1.165, 1.54) is 0 Å². The second-order valence-electron chi connectivity index (χ2n) is 5.94. The van der Waals surface area contributed by atoms with E-state index in [1.807, 2.05) is 6.92 Å². The fraction of sp³-hybridized carbons (Fsp3) is 0.250. The van der Waals surface area contributed by atoms with Gasteiger partial charge in [0.15, 0.2) is 6.61 Å². The molecule has 2 N–H and O–H groups in total. The quantitative estimate of drug-likeness (QED) is 0.723. The first-order valence-electron chi connectivity index (χ1n) is 8.81. The number of hydrogen-bond acceptors (Lipinski definition) is 6. The van der Waals surface area contributed by atoms with Crippen LogP contribution < -0.4 is 15.4 Å². The molecule has 1 heterocycles. The molecule has 28 heavy (non-hydrogen) atoms. The lowest BCUT2D eigenvalue weighted by molar-refractivity contribution is -0.119. The molecule has 1 aliphatic heterocycles. The minimum Gasteiger partial charge on any atom is -0.494 e. The van der Waals surface area contributed by atoms with E-state index in [1.54, 1.807) is 54.2 Å². The third-order valence-corrected chi connectivity index (χ3v) is 4.93. The SMILES string of the molecule is CCOc1ccc(NC(=O)COC(=O)c2ccc3c(c2)NC(=O)CCS3)cc1. The molecule has 0 spiro atoms. The van der Waals surface area contributed by atoms with Crippen molar-refractivity contribution < 1.29 is 23.9 Å². The first kappa shape index (κ1) is 19.8. The average molecular weight is 400 g/mol. The van der Waals surface area contributed by atoms with Gasteiger partial charge < -0.3 is 20.1 Å². The monoisotopic (exact) mass is 400 g/mol. The first-order chi connectivity index (χ1) is 13.5. The summed E-state index contributed by atoms with van der Waals surface area (Å²) < 4.78 is 10.4. The number of carbonyl (C=O) groups is 3. The van der Waals surface area contributed by atoms with E-state index in [9.17, 15) is 14.4 Å². The second kappa shape index (κ2) is 9.27. The van der Waals surface area contributed by atoms with Gasteiger partial charge in [-0.1, -0.05) is 0 Å². The molecule has 2 aromatic carbocycles. The van der Waals surface area contributed by atoms with Crippen LogP contribution in [0, 0.1) is 0 Å². The van der Waals surface area contributed by atoms with Crippen molar-refractivity contribution in [3.63, 3.8) is 0 Å². The molecule has 0 aliphatic carbocycles. The van der Waals surface area contributed by atoms with Crippen LogP contribution in [0.25, 0.3) is 0 Å². The number of ether oxygens (including phenoxy) is 2. The van der Waals surface area contributed by atoms with Gasteiger partial charge in [0, 0.05) is 22.8 Å². The standard InChI is InChI=1S/C20H20N2O5S/c1-2-26-15-6-4-14(5-7-15)21-19(24)12-27-20(25)13-3-8-17-16(11-13)22-18(23)9-10-28-17/h3-8,11H,2,9-10,12H2,1H3,(H,21,24)(H,22,23). The molecule has 8 heteroatoms. The van der Waals surface area contributed by atoms with Gasteiger partial charge in [-0.05, 0) is 49.4 Å². The second-order valence-corrected chi connectivity index (χ2v) is 7.08. The van der Waals surface area contributed by atoms with Gasteiger partial charge in [-0.3, -0.25) is 9.59 Å². The van der Waals surface area contributed by atoms with Crippen molar-refractivity contribution in [2.45, 2.75) is 18.2 Å². The molecule has 146 valence electrons. The number of amides is 2. The van der Waals surface area contributed by atoms with Gasteiger partial charge in [0.05, 0.1) is 17.9 Å². The summed E-state index contributed by atoms with van der Waals surface area (Å²) in [5.41, 5.74) is 1.44. The number of carbonyl (C=O) groups excluding carboxylic acids is 3. The molecule has 0 fully saturated rings. The molecule has 2 amide bonds. The highest BCUT2D eigenvalue weighted by Gasteiger charge is 2.17. The minimum atomic E-state index is -0.631. The van der Waals surface area contributed by atoms with Crippen LogP contribution in [0.3, 0.4) is 0 Å². The summed E-state index contributed by atoms with van der Waals surface area (Å²) in [7, 11) is 0. The molecule has 0 unspecified atom stereocenters. The fourth-order valence-corrected chi connectivity index (χ4v) is 3.50. The van der Waals surface area contributed by atoms with Crippen molar-refractivity contribution in [2.24, 2.45) is 0 Å². The lowest BCUT2D eigenvalue weighted by Crippen LogP contribution is -2.21. The Labute approximate surface area is 166 Å². The van der Waals surface area contributed by atoms with E-state index in [0.29, 0.717) is 35.9 Å². The molecule has 0 aromatic heterocycles. The molecule has 0 saturated heterocycles. The zero-order chi connectivity index (χ0) is 19.9. The Morgan fingerprint density at radius 1 is 1.18 bits per heavy atom. The molecular weight excluding hydrogens is 380 g/mol. The van der Waals surface area contributed by atoms with Gasteiger partial charge in [-0.15, -0.1) is 11.8 Å². The first-order valence-corrected chi connectivity index (χ1v) is 9.80. The van der Waals surface area contributed by atoms with Gasteiger partial charge in [0.25, 0.3) is 5.91 Å². The molecular formula is C20H20N2O5S. The van der Waals surface area contributed by atoms with Crippen molar-refractivity contribution in [1.29, 1.82) is 0 Å². The lowest BCUT2D eigenvalue weighted by Gasteiger charge is -2.10. The molecule has 0 bridgehead atoms. The Morgan fingerprint density at radius 3 is 2.71 bits per heavy atom. The van der Waals surface area contributed by atoms with Crippen LogP contribution in [0.4, 0.5) is 11.4 Å². The Bertz CT molecular complexity index is 883. The van der Waals surface area contributed by atoms with Crippen molar-refractivity contribution in [3.05, 3.63) is 48.0 Å². The van der Waals surface area contributed by atoms with Gasteiger partial charge >= 0.3 is 5.97 Å². The number of hydrogen-bond donors (Lipinski definition) is 2. The number of thioether (sulfide) groups is 1. The van der Waals surface area contributed by atoms with Crippen LogP contribution in [0.1, 0.15) is 23.7 Å². The number of rotatable bonds is 6. The Hall–Kier alpha value is -3.00. The van der Waals surface area contributed by atoms with Crippen LogP contribution in [-0.2, 0) is 14.3 Å². The number of anilines is 2. The normalized spacial score (nSPS) is 13.0. The fourth-order valence-electron chi connectivity index (χ4n) is 2.56. The average Bonchev–Trinajstić information content (AvgIpc) is 2.87. The van der Waals surface area contributed by atoms with Crippen LogP contribution in [0.5, 0.6) is 5.75 Å². The maximum absolute atomic E-state index is 12.2. The molecule has 2 aromatic rings. The van der Waals surface area contributed by atoms with Crippen LogP contribution in [-0.4, -0.2) is 36.8 Å². The smallest absolute Gasteiger partial charge is 0.338 e. The van der Waals surface area contributed by atoms with E-state index in [0.717, 1.165) is 4.90 Å². The van der Waals surface area contributed by atoms with E-state index >= 15 is 0 Å². The van der Waals surface area contributed by atoms with Crippen molar-refractivity contribution in [3.8, 4) is 5.75 Å². The zero-order valence-corrected chi connectivity index (χ0v) is 16.1. The van der Waals surface area contributed by atoms with Gasteiger partial charge in [0.2, 0.25) is 5.91 Å². The summed E-state index contributed by atoms with van der Waals surface area (Å²) in [6, 6.07) is 11.9. The third-order valence-electron chi connectivity index (χ3n) is 3.86. The largest absolute Gasteiger partial charge is 0.494 e. The maximum Gasteiger partial charge on any atom is 0.338 e. The summed E-state index contributed by atoms with van der Waals surface area (Å²) in [5.74, 6) is 0.227. The molecule has 0 radical (unpaired) electrons. The number of nitrogens with one attached hydrogen (secondary N) is 2. The summed E-state index contributed by atoms with van der Waals surface area (Å²) >= 11 is 1.55. The molecule has 3 rings (SSSR count). The predicted octanol–water partition coefficient (Wildman–Crippen LogP) is 3.32. The summed E-state index contributed by atoms with van der Waals surface area (Å²) in [4.78, 5) is 36.8. The van der Waals surface area contributed by atoms with Crippen molar-refractivity contribution >= 4 is 40.9 Å². The highest BCUT2D eigenvalue weighted by Crippen LogP contribution is 2.31. The van der Waals surface area contributed by atoms with Crippen LogP contribution >= 0.6 is 11.8 Å². The summed E-state index contributed by atoms with van der Waals surface area (Å²) in [5, 5.41) is 5.42. The number of benzene rings is 2. The minimum absolute atomic E-state index is 0.0912. The van der Waals surface area contributed by atoms with E-state index in [-0.39, 0.29) is 11.5 Å². The molecule has 1 aliphatic rings. The lowest BCUT2D eigenvalue weighted by atomic mass is 10.2. The van der Waals surface area contributed by atoms with Crippen LogP contribution in [0.15, 0.2) is 47.4 Å². The highest BCUT2D eigenvalue weighted by molar-refractivity contribution is 7.99.